The van der Waals surface area contributed by atoms with Gasteiger partial charge in [-0.2, -0.15) is 0 Å². The summed E-state index contributed by atoms with van der Waals surface area (Å²) in [6, 6.07) is 10.2. The lowest BCUT2D eigenvalue weighted by Crippen LogP contribution is -2.34. The third-order valence-corrected chi connectivity index (χ3v) is 4.22. The first-order chi connectivity index (χ1) is 9.74. The summed E-state index contributed by atoms with van der Waals surface area (Å²) in [5.74, 6) is 1.00. The highest BCUT2D eigenvalue weighted by Gasteiger charge is 2.33. The van der Waals surface area contributed by atoms with Gasteiger partial charge in [0, 0.05) is 25.0 Å². The number of benzene rings is 1. The van der Waals surface area contributed by atoms with E-state index in [-0.39, 0.29) is 36.9 Å². The van der Waals surface area contributed by atoms with Gasteiger partial charge < -0.3 is 15.4 Å². The molecule has 2 fully saturated rings. The molecular weight excluding hydrogens is 288 g/mol. The first kappa shape index (κ1) is 16.3. The molecule has 1 aromatic carbocycles. The lowest BCUT2D eigenvalue weighted by Gasteiger charge is -2.16. The van der Waals surface area contributed by atoms with Crippen LogP contribution in [-0.2, 0) is 9.53 Å². The number of rotatable bonds is 5. The summed E-state index contributed by atoms with van der Waals surface area (Å²) in [4.78, 5) is 14.0. The van der Waals surface area contributed by atoms with E-state index in [1.165, 1.54) is 18.4 Å². The molecule has 1 amide bonds. The van der Waals surface area contributed by atoms with Crippen LogP contribution in [-0.4, -0.2) is 43.2 Å². The molecule has 3 rings (SSSR count). The predicted octanol–water partition coefficient (Wildman–Crippen LogP) is 1.79. The Balaban J connectivity index is 0.00000161. The van der Waals surface area contributed by atoms with Gasteiger partial charge >= 0.3 is 0 Å². The van der Waals surface area contributed by atoms with E-state index in [4.69, 9.17) is 10.5 Å². The average Bonchev–Trinajstić information content (AvgIpc) is 3.20. The monoisotopic (exact) mass is 310 g/mol. The van der Waals surface area contributed by atoms with E-state index in [0.29, 0.717) is 19.0 Å². The predicted molar refractivity (Wildman–Crippen MR) is 84.5 cm³/mol. The highest BCUT2D eigenvalue weighted by atomic mass is 35.5. The normalized spacial score (nSPS) is 24.7. The van der Waals surface area contributed by atoms with Crippen molar-refractivity contribution in [2.24, 2.45) is 11.7 Å². The largest absolute Gasteiger partial charge is 0.371 e. The Labute approximate surface area is 132 Å². The maximum Gasteiger partial charge on any atom is 0.248 e. The zero-order valence-corrected chi connectivity index (χ0v) is 12.9. The molecule has 1 heterocycles. The molecule has 2 atom stereocenters. The number of likely N-dealkylation sites (tertiary alicyclic amines) is 1. The van der Waals surface area contributed by atoms with Crippen molar-refractivity contribution >= 4 is 18.3 Å². The molecule has 1 aliphatic carbocycles. The fourth-order valence-electron chi connectivity index (χ4n) is 2.77. The Kier molecular flexibility index (Phi) is 5.62. The number of nitrogens with two attached hydrogens (primary N) is 1. The molecule has 21 heavy (non-hydrogen) atoms. The quantitative estimate of drug-likeness (QED) is 0.902. The van der Waals surface area contributed by atoms with Crippen LogP contribution in [0.5, 0.6) is 0 Å². The van der Waals surface area contributed by atoms with Gasteiger partial charge in [-0.3, -0.25) is 4.79 Å². The van der Waals surface area contributed by atoms with Crippen LogP contribution in [0.2, 0.25) is 0 Å². The summed E-state index contributed by atoms with van der Waals surface area (Å²) in [6.07, 6.45) is 2.50. The van der Waals surface area contributed by atoms with E-state index in [2.05, 4.69) is 12.1 Å². The number of ether oxygens (including phenoxy) is 1. The second-order valence-electron chi connectivity index (χ2n) is 5.94. The maximum absolute atomic E-state index is 12.1. The topological polar surface area (TPSA) is 55.6 Å². The van der Waals surface area contributed by atoms with Crippen LogP contribution in [0.1, 0.15) is 24.3 Å². The van der Waals surface area contributed by atoms with Crippen LogP contribution >= 0.6 is 12.4 Å². The van der Waals surface area contributed by atoms with Gasteiger partial charge in [0.1, 0.15) is 6.61 Å². The number of hydrogen-bond donors (Lipinski definition) is 1. The van der Waals surface area contributed by atoms with Crippen molar-refractivity contribution in [3.05, 3.63) is 35.9 Å². The van der Waals surface area contributed by atoms with Crippen LogP contribution in [0, 0.1) is 5.92 Å². The number of carbonyl (C=O) groups is 1. The Bertz CT molecular complexity index is 465. The number of hydrogen-bond acceptors (Lipinski definition) is 3. The first-order valence-electron chi connectivity index (χ1n) is 7.40. The van der Waals surface area contributed by atoms with Crippen molar-refractivity contribution in [2.45, 2.75) is 24.8 Å². The van der Waals surface area contributed by atoms with Crippen LogP contribution in [0.3, 0.4) is 0 Å². The molecule has 1 aliphatic heterocycles. The Hall–Kier alpha value is -1.10. The summed E-state index contributed by atoms with van der Waals surface area (Å²) >= 11 is 0. The van der Waals surface area contributed by atoms with Gasteiger partial charge in [-0.05, 0) is 24.3 Å². The summed E-state index contributed by atoms with van der Waals surface area (Å²) in [7, 11) is 0. The number of carbonyl (C=O) groups excluding carboxylic acids is 1. The molecule has 0 bridgehead atoms. The second kappa shape index (κ2) is 7.25. The molecule has 0 spiro atoms. The fraction of sp³-hybridized carbons (Fsp3) is 0.562. The van der Waals surface area contributed by atoms with Gasteiger partial charge in [0.15, 0.2) is 0 Å². The average molecular weight is 311 g/mol. The molecule has 0 radical (unpaired) electrons. The smallest absolute Gasteiger partial charge is 0.248 e. The van der Waals surface area contributed by atoms with Crippen molar-refractivity contribution in [2.75, 3.05) is 26.3 Å². The lowest BCUT2D eigenvalue weighted by molar-refractivity contribution is -0.135. The van der Waals surface area contributed by atoms with E-state index >= 15 is 0 Å². The molecule has 4 nitrogen and oxygen atoms in total. The molecule has 0 aromatic heterocycles. The van der Waals surface area contributed by atoms with Gasteiger partial charge in [0.05, 0.1) is 6.61 Å². The minimum atomic E-state index is 0. The fourth-order valence-corrected chi connectivity index (χ4v) is 2.77. The summed E-state index contributed by atoms with van der Waals surface area (Å²) < 4.78 is 5.48. The Morgan fingerprint density at radius 3 is 2.62 bits per heavy atom. The molecule has 1 saturated heterocycles. The van der Waals surface area contributed by atoms with Crippen LogP contribution in [0.25, 0.3) is 0 Å². The van der Waals surface area contributed by atoms with Crippen molar-refractivity contribution < 1.29 is 9.53 Å². The molecule has 0 unspecified atom stereocenters. The third-order valence-electron chi connectivity index (χ3n) is 4.22. The minimum absolute atomic E-state index is 0. The standard InChI is InChI=1S/C16H22N2O2.ClH/c17-15-9-18(16(19)11-20-10-12-6-7-12)8-14(15)13-4-2-1-3-5-13;/h1-5,12,14-15H,6-11,17H2;1H/t14-,15+;/m0./s1. The first-order valence-corrected chi connectivity index (χ1v) is 7.40. The molecule has 116 valence electrons. The van der Waals surface area contributed by atoms with E-state index in [1.54, 1.807) is 0 Å². The molecular formula is C16H23ClN2O2. The van der Waals surface area contributed by atoms with Crippen molar-refractivity contribution in [3.8, 4) is 0 Å². The Morgan fingerprint density at radius 2 is 1.95 bits per heavy atom. The van der Waals surface area contributed by atoms with Crippen molar-refractivity contribution in [1.82, 2.24) is 4.90 Å². The van der Waals surface area contributed by atoms with Gasteiger partial charge in [0.2, 0.25) is 5.91 Å². The zero-order chi connectivity index (χ0) is 13.9. The highest BCUT2D eigenvalue weighted by molar-refractivity contribution is 5.85. The van der Waals surface area contributed by atoms with Gasteiger partial charge in [-0.15, -0.1) is 12.4 Å². The van der Waals surface area contributed by atoms with Crippen LogP contribution in [0.15, 0.2) is 30.3 Å². The van der Waals surface area contributed by atoms with Gasteiger partial charge in [-0.1, -0.05) is 30.3 Å². The molecule has 5 heteroatoms. The van der Waals surface area contributed by atoms with Crippen LogP contribution < -0.4 is 5.73 Å². The lowest BCUT2D eigenvalue weighted by atomic mass is 9.95. The van der Waals surface area contributed by atoms with Crippen molar-refractivity contribution in [3.63, 3.8) is 0 Å². The molecule has 2 N–H and O–H groups in total. The van der Waals surface area contributed by atoms with Gasteiger partial charge in [-0.25, -0.2) is 0 Å². The van der Waals surface area contributed by atoms with Crippen LogP contribution in [0.4, 0.5) is 0 Å². The zero-order valence-electron chi connectivity index (χ0n) is 12.1. The summed E-state index contributed by atoms with van der Waals surface area (Å²) in [5.41, 5.74) is 7.41. The van der Waals surface area contributed by atoms with E-state index in [9.17, 15) is 4.79 Å². The Morgan fingerprint density at radius 1 is 1.24 bits per heavy atom. The van der Waals surface area contributed by atoms with E-state index in [0.717, 1.165) is 6.61 Å². The minimum Gasteiger partial charge on any atom is -0.371 e. The molecule has 1 aromatic rings. The highest BCUT2D eigenvalue weighted by Crippen LogP contribution is 2.29. The summed E-state index contributed by atoms with van der Waals surface area (Å²) in [5, 5.41) is 0. The molecule has 2 aliphatic rings. The second-order valence-corrected chi connectivity index (χ2v) is 5.94. The summed E-state index contributed by atoms with van der Waals surface area (Å²) in [6.45, 7) is 2.26. The van der Waals surface area contributed by atoms with Gasteiger partial charge in [0.25, 0.3) is 0 Å². The third kappa shape index (κ3) is 4.19. The number of halogens is 1. The maximum atomic E-state index is 12.1. The van der Waals surface area contributed by atoms with Crippen molar-refractivity contribution in [1.29, 1.82) is 0 Å². The number of nitrogens with zero attached hydrogens (tertiary/aromatic N) is 1. The number of amides is 1. The molecule has 1 saturated carbocycles. The van der Waals surface area contributed by atoms with E-state index in [1.807, 2.05) is 23.1 Å². The SMILES string of the molecule is Cl.N[C@@H]1CN(C(=O)COCC2CC2)C[C@H]1c1ccccc1. The van der Waals surface area contributed by atoms with E-state index < -0.39 is 0 Å².